The van der Waals surface area contributed by atoms with Gasteiger partial charge in [0, 0.05) is 16.3 Å². The molecule has 0 fully saturated rings. The van der Waals surface area contributed by atoms with Crippen LogP contribution in [0.1, 0.15) is 43.6 Å². The molecule has 7 heteroatoms. The molecule has 0 aliphatic carbocycles. The minimum atomic E-state index is -1.80. The number of ether oxygens (including phenoxy) is 1. The molecule has 140 valence electrons. The van der Waals surface area contributed by atoms with Gasteiger partial charge in [-0.25, -0.2) is 4.79 Å². The van der Waals surface area contributed by atoms with E-state index in [-0.39, 0.29) is 0 Å². The minimum Gasteiger partial charge on any atom is -0.457 e. The molecule has 0 heterocycles. The van der Waals surface area contributed by atoms with Crippen LogP contribution < -0.4 is 17.2 Å². The van der Waals surface area contributed by atoms with Gasteiger partial charge in [0.2, 0.25) is 0 Å². The van der Waals surface area contributed by atoms with E-state index in [4.69, 9.17) is 33.5 Å². The van der Waals surface area contributed by atoms with E-state index in [0.717, 1.165) is 0 Å². The number of nitrogen functional groups attached to an aromatic ring is 1. The van der Waals surface area contributed by atoms with E-state index in [2.05, 4.69) is 0 Å². The topological polar surface area (TPSA) is 125 Å². The van der Waals surface area contributed by atoms with Gasteiger partial charge in [0.15, 0.2) is 5.66 Å². The van der Waals surface area contributed by atoms with Crippen LogP contribution in [0.15, 0.2) is 42.5 Å². The van der Waals surface area contributed by atoms with Gasteiger partial charge >= 0.3 is 5.97 Å². The molecule has 1 atom stereocenters. The first-order valence-electron chi connectivity index (χ1n) is 8.06. The predicted octanol–water partition coefficient (Wildman–Crippen LogP) is 2.42. The predicted molar refractivity (Wildman–Crippen MR) is 102 cm³/mol. The molecular weight excluding hydrogens is 354 g/mol. The molecule has 1 unspecified atom stereocenters. The molecular formula is C19H24ClN3O3. The zero-order valence-electron chi connectivity index (χ0n) is 15.0. The lowest BCUT2D eigenvalue weighted by Crippen LogP contribution is -2.55. The van der Waals surface area contributed by atoms with Gasteiger partial charge in [0.05, 0.1) is 0 Å². The molecule has 7 N–H and O–H groups in total. The number of carbonyl (C=O) groups excluding carboxylic acids is 1. The summed E-state index contributed by atoms with van der Waals surface area (Å²) < 4.78 is 5.26. The van der Waals surface area contributed by atoms with Crippen molar-refractivity contribution < 1.29 is 14.6 Å². The highest BCUT2D eigenvalue weighted by atomic mass is 35.5. The molecule has 2 rings (SSSR count). The maximum atomic E-state index is 12.2. The van der Waals surface area contributed by atoms with Crippen LogP contribution in [0.2, 0.25) is 5.02 Å². The van der Waals surface area contributed by atoms with Crippen molar-refractivity contribution in [2.75, 3.05) is 5.73 Å². The van der Waals surface area contributed by atoms with Crippen LogP contribution in [0.4, 0.5) is 5.69 Å². The summed E-state index contributed by atoms with van der Waals surface area (Å²) in [7, 11) is 0. The Balaban J connectivity index is 2.25. The van der Waals surface area contributed by atoms with Gasteiger partial charge in [0.1, 0.15) is 11.7 Å². The number of hydrogen-bond acceptors (Lipinski definition) is 6. The Bertz CT molecular complexity index is 799. The summed E-state index contributed by atoms with van der Waals surface area (Å²) >= 11 is 5.88. The van der Waals surface area contributed by atoms with Gasteiger partial charge in [-0.15, -0.1) is 0 Å². The largest absolute Gasteiger partial charge is 0.457 e. The highest BCUT2D eigenvalue weighted by Crippen LogP contribution is 2.29. The molecule has 2 aromatic carbocycles. The van der Waals surface area contributed by atoms with Crippen molar-refractivity contribution in [3.63, 3.8) is 0 Å². The molecule has 0 aliphatic heterocycles. The van der Waals surface area contributed by atoms with Gasteiger partial charge in [0.25, 0.3) is 0 Å². The molecule has 0 amide bonds. The minimum absolute atomic E-state index is 0.367. The molecule has 0 aromatic heterocycles. The first kappa shape index (κ1) is 20.2. The summed E-state index contributed by atoms with van der Waals surface area (Å²) in [5.74, 6) is -0.736. The Hall–Kier alpha value is -2.12. The maximum absolute atomic E-state index is 12.2. The number of rotatable bonds is 4. The first-order chi connectivity index (χ1) is 11.9. The molecule has 0 radical (unpaired) electrons. The number of halogens is 1. The molecule has 26 heavy (non-hydrogen) atoms. The Morgan fingerprint density at radius 3 is 2.19 bits per heavy atom. The fraction of sp³-hybridized carbons (Fsp3) is 0.316. The number of esters is 1. The zero-order chi connectivity index (χ0) is 19.7. The van der Waals surface area contributed by atoms with Gasteiger partial charge in [-0.1, -0.05) is 41.9 Å². The van der Waals surface area contributed by atoms with Crippen LogP contribution >= 0.6 is 11.6 Å². The fourth-order valence-electron chi connectivity index (χ4n) is 2.40. The van der Waals surface area contributed by atoms with E-state index >= 15 is 0 Å². The Morgan fingerprint density at radius 1 is 1.12 bits per heavy atom. The number of nitrogens with two attached hydrogens (primary N) is 3. The number of hydrogen-bond donors (Lipinski definition) is 4. The van der Waals surface area contributed by atoms with E-state index in [1.165, 1.54) is 0 Å². The summed E-state index contributed by atoms with van der Waals surface area (Å²) in [5.41, 5.74) is 17.2. The van der Waals surface area contributed by atoms with Crippen molar-refractivity contribution in [3.8, 4) is 0 Å². The van der Waals surface area contributed by atoms with Gasteiger partial charge < -0.3 is 27.0 Å². The lowest BCUT2D eigenvalue weighted by Gasteiger charge is -2.28. The molecule has 0 saturated carbocycles. The second kappa shape index (κ2) is 7.25. The van der Waals surface area contributed by atoms with E-state index in [1.54, 1.807) is 63.2 Å². The average molecular weight is 378 g/mol. The van der Waals surface area contributed by atoms with Crippen LogP contribution in [0, 0.1) is 0 Å². The Morgan fingerprint density at radius 2 is 1.69 bits per heavy atom. The molecule has 0 spiro atoms. The van der Waals surface area contributed by atoms with Crippen molar-refractivity contribution in [2.45, 2.75) is 38.1 Å². The summed E-state index contributed by atoms with van der Waals surface area (Å²) in [6.07, 6.45) is -0.951. The van der Waals surface area contributed by atoms with E-state index in [9.17, 15) is 9.90 Å². The van der Waals surface area contributed by atoms with Gasteiger partial charge in [-0.3, -0.25) is 0 Å². The lowest BCUT2D eigenvalue weighted by molar-refractivity contribution is -0.162. The van der Waals surface area contributed by atoms with Crippen LogP contribution in [-0.2, 0) is 15.2 Å². The first-order valence-corrected chi connectivity index (χ1v) is 8.44. The standard InChI is InChI=1S/C19H24ClN3O3/c1-18(2,3)26-17(25)19(22,23)12-6-4-11(5-7-12)16(24)14-9-8-13(20)10-15(14)21/h4-10,16,24H,21-23H2,1-3H3. The van der Waals surface area contributed by atoms with Crippen LogP contribution in [0.5, 0.6) is 0 Å². The Labute approximate surface area is 157 Å². The number of benzene rings is 2. The molecule has 0 aliphatic rings. The van der Waals surface area contributed by atoms with Gasteiger partial charge in [-0.2, -0.15) is 0 Å². The van der Waals surface area contributed by atoms with Crippen molar-refractivity contribution in [1.82, 2.24) is 0 Å². The normalized spacial score (nSPS) is 13.3. The van der Waals surface area contributed by atoms with Crippen LogP contribution in [0.25, 0.3) is 0 Å². The van der Waals surface area contributed by atoms with Crippen LogP contribution in [0.3, 0.4) is 0 Å². The third kappa shape index (κ3) is 4.53. The van der Waals surface area contributed by atoms with E-state index in [1.807, 2.05) is 0 Å². The van der Waals surface area contributed by atoms with Crippen molar-refractivity contribution in [2.24, 2.45) is 11.5 Å². The number of anilines is 1. The summed E-state index contributed by atoms with van der Waals surface area (Å²) in [6.45, 7) is 5.20. The SMILES string of the molecule is CC(C)(C)OC(=O)C(N)(N)c1ccc(C(O)c2ccc(Cl)cc2N)cc1. The maximum Gasteiger partial charge on any atom is 0.346 e. The van der Waals surface area contributed by atoms with E-state index < -0.39 is 23.3 Å². The van der Waals surface area contributed by atoms with Gasteiger partial charge in [-0.05, 0) is 44.0 Å². The third-order valence-corrected chi connectivity index (χ3v) is 4.02. The molecule has 0 bridgehead atoms. The highest BCUT2D eigenvalue weighted by Gasteiger charge is 2.36. The zero-order valence-corrected chi connectivity index (χ0v) is 15.7. The second-order valence-corrected chi connectivity index (χ2v) is 7.61. The lowest BCUT2D eigenvalue weighted by atomic mass is 9.95. The number of aliphatic hydroxyl groups is 1. The summed E-state index contributed by atoms with van der Waals surface area (Å²) in [4.78, 5) is 12.2. The smallest absolute Gasteiger partial charge is 0.346 e. The number of carbonyl (C=O) groups is 1. The fourth-order valence-corrected chi connectivity index (χ4v) is 2.58. The van der Waals surface area contributed by atoms with Crippen molar-refractivity contribution in [1.29, 1.82) is 0 Å². The number of aliphatic hydroxyl groups excluding tert-OH is 1. The second-order valence-electron chi connectivity index (χ2n) is 7.17. The third-order valence-electron chi connectivity index (χ3n) is 3.78. The van der Waals surface area contributed by atoms with E-state index in [0.29, 0.717) is 27.4 Å². The summed E-state index contributed by atoms with van der Waals surface area (Å²) in [5, 5.41) is 11.0. The van der Waals surface area contributed by atoms with Crippen molar-refractivity contribution in [3.05, 3.63) is 64.2 Å². The average Bonchev–Trinajstić information content (AvgIpc) is 2.53. The molecule has 2 aromatic rings. The highest BCUT2D eigenvalue weighted by molar-refractivity contribution is 6.30. The van der Waals surface area contributed by atoms with Crippen LogP contribution in [-0.4, -0.2) is 16.7 Å². The Kier molecular flexibility index (Phi) is 5.63. The van der Waals surface area contributed by atoms with Crippen molar-refractivity contribution >= 4 is 23.3 Å². The quantitative estimate of drug-likeness (QED) is 0.368. The summed E-state index contributed by atoms with van der Waals surface area (Å²) in [6, 6.07) is 11.3. The molecule has 0 saturated heterocycles. The monoisotopic (exact) mass is 377 g/mol. The molecule has 6 nitrogen and oxygen atoms in total.